The van der Waals surface area contributed by atoms with Crippen LogP contribution in [-0.2, 0) is 4.79 Å². The van der Waals surface area contributed by atoms with E-state index >= 15 is 0 Å². The van der Waals surface area contributed by atoms with Gasteiger partial charge in [0.05, 0.1) is 6.42 Å². The number of amides is 2. The first kappa shape index (κ1) is 14.4. The Balaban J connectivity index is 1.83. The van der Waals surface area contributed by atoms with Crippen molar-refractivity contribution in [2.24, 2.45) is 5.92 Å². The van der Waals surface area contributed by atoms with E-state index in [0.29, 0.717) is 11.6 Å². The Morgan fingerprint density at radius 3 is 2.50 bits per heavy atom. The maximum atomic E-state index is 11.6. The number of carbonyl (C=O) groups excluding carboxylic acids is 1. The molecule has 108 valence electrons. The van der Waals surface area contributed by atoms with E-state index in [2.05, 4.69) is 10.6 Å². The Kier molecular flexibility index (Phi) is 4.61. The molecule has 20 heavy (non-hydrogen) atoms. The monoisotopic (exact) mass is 276 g/mol. The number of carboxylic acid groups (broad SMARTS) is 1. The van der Waals surface area contributed by atoms with E-state index in [1.54, 1.807) is 12.1 Å². The first-order valence-electron chi connectivity index (χ1n) is 6.91. The van der Waals surface area contributed by atoms with Gasteiger partial charge in [0.15, 0.2) is 0 Å². The predicted molar refractivity (Wildman–Crippen MR) is 76.9 cm³/mol. The van der Waals surface area contributed by atoms with Crippen LogP contribution in [0, 0.1) is 5.92 Å². The third-order valence-electron chi connectivity index (χ3n) is 3.47. The van der Waals surface area contributed by atoms with Crippen LogP contribution in [0.15, 0.2) is 24.3 Å². The summed E-state index contributed by atoms with van der Waals surface area (Å²) in [5.74, 6) is -0.190. The van der Waals surface area contributed by atoms with Gasteiger partial charge in [-0.2, -0.15) is 0 Å². The lowest BCUT2D eigenvalue weighted by atomic mass is 9.98. The summed E-state index contributed by atoms with van der Waals surface area (Å²) in [4.78, 5) is 22.3. The largest absolute Gasteiger partial charge is 0.481 e. The van der Waals surface area contributed by atoms with Crippen molar-refractivity contribution in [2.75, 3.05) is 11.9 Å². The van der Waals surface area contributed by atoms with E-state index < -0.39 is 5.97 Å². The first-order chi connectivity index (χ1) is 9.54. The number of hydrogen-bond acceptors (Lipinski definition) is 2. The highest BCUT2D eigenvalue weighted by Gasteiger charge is 2.21. The summed E-state index contributed by atoms with van der Waals surface area (Å²) in [6.45, 7) is 2.61. The molecule has 2 amide bonds. The van der Waals surface area contributed by atoms with Crippen molar-refractivity contribution < 1.29 is 14.7 Å². The Morgan fingerprint density at radius 2 is 1.95 bits per heavy atom. The molecule has 1 aliphatic rings. The number of carbonyl (C=O) groups is 2. The van der Waals surface area contributed by atoms with Crippen molar-refractivity contribution in [3.8, 4) is 0 Å². The molecule has 1 aromatic carbocycles. The summed E-state index contributed by atoms with van der Waals surface area (Å²) in [6.07, 6.45) is 2.52. The lowest BCUT2D eigenvalue weighted by Crippen LogP contribution is -2.30. The fraction of sp³-hybridized carbons (Fsp3) is 0.467. The van der Waals surface area contributed by atoms with Crippen LogP contribution in [0.25, 0.3) is 0 Å². The summed E-state index contributed by atoms with van der Waals surface area (Å²) in [5.41, 5.74) is 1.67. The number of anilines is 1. The molecule has 1 unspecified atom stereocenters. The van der Waals surface area contributed by atoms with Gasteiger partial charge in [0.1, 0.15) is 0 Å². The molecule has 1 atom stereocenters. The van der Waals surface area contributed by atoms with Crippen molar-refractivity contribution >= 4 is 17.7 Å². The molecule has 0 spiro atoms. The van der Waals surface area contributed by atoms with Gasteiger partial charge in [0.2, 0.25) is 0 Å². The van der Waals surface area contributed by atoms with Crippen LogP contribution < -0.4 is 10.6 Å². The highest BCUT2D eigenvalue weighted by molar-refractivity contribution is 5.89. The summed E-state index contributed by atoms with van der Waals surface area (Å²) in [5, 5.41) is 14.4. The van der Waals surface area contributed by atoms with Crippen LogP contribution in [0.3, 0.4) is 0 Å². The van der Waals surface area contributed by atoms with Crippen LogP contribution in [0.4, 0.5) is 10.5 Å². The van der Waals surface area contributed by atoms with Crippen LogP contribution in [0.1, 0.15) is 37.7 Å². The number of rotatable bonds is 6. The number of nitrogens with one attached hydrogen (secondary N) is 2. The minimum atomic E-state index is -0.806. The van der Waals surface area contributed by atoms with Crippen molar-refractivity contribution in [3.63, 3.8) is 0 Å². The van der Waals surface area contributed by atoms with Gasteiger partial charge in [0.25, 0.3) is 0 Å². The number of aliphatic carboxylic acids is 1. The minimum absolute atomic E-state index is 0.0368. The van der Waals surface area contributed by atoms with Gasteiger partial charge >= 0.3 is 12.0 Å². The molecule has 1 aliphatic carbocycles. The molecule has 0 aromatic heterocycles. The van der Waals surface area contributed by atoms with Crippen molar-refractivity contribution in [3.05, 3.63) is 29.8 Å². The highest BCUT2D eigenvalue weighted by atomic mass is 16.4. The van der Waals surface area contributed by atoms with Crippen LogP contribution in [0.5, 0.6) is 0 Å². The smallest absolute Gasteiger partial charge is 0.319 e. The summed E-state index contributed by atoms with van der Waals surface area (Å²) in [7, 11) is 0. The average Bonchev–Trinajstić information content (AvgIpc) is 3.20. The zero-order valence-electron chi connectivity index (χ0n) is 11.6. The van der Waals surface area contributed by atoms with Gasteiger partial charge in [-0.05, 0) is 42.4 Å². The van der Waals surface area contributed by atoms with Gasteiger partial charge in [-0.1, -0.05) is 19.1 Å². The molecule has 0 heterocycles. The number of benzene rings is 1. The maximum Gasteiger partial charge on any atom is 0.319 e. The normalized spacial score (nSPS) is 15.4. The Hall–Kier alpha value is -2.04. The molecular formula is C15H20N2O3. The van der Waals surface area contributed by atoms with E-state index in [0.717, 1.165) is 12.1 Å². The van der Waals surface area contributed by atoms with Crippen molar-refractivity contribution in [1.82, 2.24) is 5.32 Å². The SMILES string of the molecule is CC(CC(=O)O)c1ccc(NC(=O)NCC2CC2)cc1. The van der Waals surface area contributed by atoms with E-state index in [4.69, 9.17) is 5.11 Å². The average molecular weight is 276 g/mol. The topological polar surface area (TPSA) is 78.4 Å². The van der Waals surface area contributed by atoms with Gasteiger partial charge in [-0.3, -0.25) is 4.79 Å². The first-order valence-corrected chi connectivity index (χ1v) is 6.91. The quantitative estimate of drug-likeness (QED) is 0.747. The van der Waals surface area contributed by atoms with Crippen LogP contribution >= 0.6 is 0 Å². The van der Waals surface area contributed by atoms with E-state index in [1.165, 1.54) is 12.8 Å². The standard InChI is InChI=1S/C15H20N2O3/c1-10(8-14(18)19)12-4-6-13(7-5-12)17-15(20)16-9-11-2-3-11/h4-7,10-11H,2-3,8-9H2,1H3,(H,18,19)(H2,16,17,20). The van der Waals surface area contributed by atoms with E-state index in [1.807, 2.05) is 19.1 Å². The lowest BCUT2D eigenvalue weighted by Gasteiger charge is -2.11. The third-order valence-corrected chi connectivity index (χ3v) is 3.47. The van der Waals surface area contributed by atoms with Gasteiger partial charge in [0, 0.05) is 12.2 Å². The Morgan fingerprint density at radius 1 is 1.30 bits per heavy atom. The van der Waals surface area contributed by atoms with Gasteiger partial charge < -0.3 is 15.7 Å². The molecule has 1 saturated carbocycles. The Labute approximate surface area is 118 Å². The van der Waals surface area contributed by atoms with Crippen LogP contribution in [-0.4, -0.2) is 23.7 Å². The van der Waals surface area contributed by atoms with Crippen molar-refractivity contribution in [1.29, 1.82) is 0 Å². The summed E-state index contributed by atoms with van der Waals surface area (Å²) < 4.78 is 0. The van der Waals surface area contributed by atoms with E-state index in [9.17, 15) is 9.59 Å². The maximum absolute atomic E-state index is 11.6. The molecule has 5 nitrogen and oxygen atoms in total. The highest BCUT2D eigenvalue weighted by Crippen LogP contribution is 2.27. The molecule has 5 heteroatoms. The second kappa shape index (κ2) is 6.41. The summed E-state index contributed by atoms with van der Waals surface area (Å²) in [6, 6.07) is 7.10. The second-order valence-corrected chi connectivity index (χ2v) is 5.40. The van der Waals surface area contributed by atoms with Gasteiger partial charge in [-0.25, -0.2) is 4.79 Å². The molecular weight excluding hydrogens is 256 g/mol. The minimum Gasteiger partial charge on any atom is -0.481 e. The summed E-state index contributed by atoms with van der Waals surface area (Å²) >= 11 is 0. The fourth-order valence-electron chi connectivity index (χ4n) is 2.01. The van der Waals surface area contributed by atoms with Crippen molar-refractivity contribution in [2.45, 2.75) is 32.1 Å². The molecule has 0 radical (unpaired) electrons. The Bertz CT molecular complexity index is 480. The zero-order chi connectivity index (χ0) is 14.5. The molecule has 0 bridgehead atoms. The third kappa shape index (κ3) is 4.57. The number of urea groups is 1. The molecule has 0 saturated heterocycles. The number of carboxylic acids is 1. The van der Waals surface area contributed by atoms with Crippen LogP contribution in [0.2, 0.25) is 0 Å². The number of hydrogen-bond donors (Lipinski definition) is 3. The molecule has 0 aliphatic heterocycles. The zero-order valence-corrected chi connectivity index (χ0v) is 11.6. The molecule has 1 aromatic rings. The second-order valence-electron chi connectivity index (χ2n) is 5.40. The molecule has 1 fully saturated rings. The molecule has 2 rings (SSSR count). The van der Waals surface area contributed by atoms with E-state index in [-0.39, 0.29) is 18.4 Å². The predicted octanol–water partition coefficient (Wildman–Crippen LogP) is 2.80. The van der Waals surface area contributed by atoms with Gasteiger partial charge in [-0.15, -0.1) is 0 Å². The lowest BCUT2D eigenvalue weighted by molar-refractivity contribution is -0.137. The fourth-order valence-corrected chi connectivity index (χ4v) is 2.01. The molecule has 3 N–H and O–H groups in total.